The highest BCUT2D eigenvalue weighted by Gasteiger charge is 2.37. The average molecular weight is 578 g/mol. The molecule has 12 heteroatoms. The lowest BCUT2D eigenvalue weighted by Crippen LogP contribution is -2.22. The Morgan fingerprint density at radius 1 is 0.850 bits per heavy atom. The molecule has 4 rings (SSSR count). The van der Waals surface area contributed by atoms with Gasteiger partial charge < -0.3 is 5.32 Å². The van der Waals surface area contributed by atoms with E-state index in [1.165, 1.54) is 25.4 Å². The molecular formula is C28H21F6N3O2S. The maximum atomic E-state index is 13.5. The summed E-state index contributed by atoms with van der Waals surface area (Å²) < 4.78 is 94.6. The zero-order chi connectivity index (χ0) is 29.2. The van der Waals surface area contributed by atoms with Crippen LogP contribution in [0.4, 0.5) is 26.3 Å². The second-order valence-electron chi connectivity index (χ2n) is 8.75. The van der Waals surface area contributed by atoms with E-state index in [0.29, 0.717) is 17.7 Å². The number of hydrogen-bond donors (Lipinski definition) is 1. The van der Waals surface area contributed by atoms with Crippen molar-refractivity contribution in [2.45, 2.75) is 35.7 Å². The van der Waals surface area contributed by atoms with Gasteiger partial charge >= 0.3 is 12.4 Å². The monoisotopic (exact) mass is 577 g/mol. The number of nitrogens with zero attached hydrogens (tertiary/aromatic N) is 2. The van der Waals surface area contributed by atoms with E-state index in [2.05, 4.69) is 15.3 Å². The van der Waals surface area contributed by atoms with Gasteiger partial charge in [-0.2, -0.15) is 26.3 Å². The molecule has 1 atom stereocenters. The van der Waals surface area contributed by atoms with Crippen LogP contribution >= 0.6 is 0 Å². The summed E-state index contributed by atoms with van der Waals surface area (Å²) in [7, 11) is -0.647. The summed E-state index contributed by atoms with van der Waals surface area (Å²) in [5, 5.41) is 2.52. The zero-order valence-corrected chi connectivity index (χ0v) is 21.8. The molecule has 1 N–H and O–H groups in total. The van der Waals surface area contributed by atoms with E-state index in [-0.39, 0.29) is 38.5 Å². The quantitative estimate of drug-likeness (QED) is 0.262. The van der Waals surface area contributed by atoms with Crippen molar-refractivity contribution < 1.29 is 35.3 Å². The smallest absolute Gasteiger partial charge is 0.355 e. The lowest BCUT2D eigenvalue weighted by Gasteiger charge is -2.18. The summed E-state index contributed by atoms with van der Waals surface area (Å²) in [5.74, 6) is -0.668. The van der Waals surface area contributed by atoms with Crippen LogP contribution in [0.2, 0.25) is 0 Å². The van der Waals surface area contributed by atoms with Crippen LogP contribution in [-0.2, 0) is 29.6 Å². The molecule has 1 unspecified atom stereocenters. The number of pyridine rings is 2. The molecule has 2 aromatic carbocycles. The predicted octanol–water partition coefficient (Wildman–Crippen LogP) is 6.61. The maximum Gasteiger partial charge on any atom is 0.416 e. The Morgan fingerprint density at radius 3 is 2.02 bits per heavy atom. The largest absolute Gasteiger partial charge is 0.416 e. The van der Waals surface area contributed by atoms with Gasteiger partial charge in [0.05, 0.1) is 22.4 Å². The number of nitrogens with one attached hydrogen (secondary N) is 1. The number of halogens is 6. The predicted molar refractivity (Wildman–Crippen MR) is 136 cm³/mol. The summed E-state index contributed by atoms with van der Waals surface area (Å²) in [6.07, 6.45) is -9.28. The third kappa shape index (κ3) is 6.22. The molecule has 1 amide bonds. The highest BCUT2D eigenvalue weighted by atomic mass is 32.2. The highest BCUT2D eigenvalue weighted by molar-refractivity contribution is 7.84. The molecule has 40 heavy (non-hydrogen) atoms. The third-order valence-electron chi connectivity index (χ3n) is 6.00. The fourth-order valence-electron chi connectivity index (χ4n) is 4.14. The van der Waals surface area contributed by atoms with Crippen molar-refractivity contribution in [2.24, 2.45) is 0 Å². The van der Waals surface area contributed by atoms with Crippen molar-refractivity contribution in [3.63, 3.8) is 0 Å². The summed E-state index contributed by atoms with van der Waals surface area (Å²) in [6, 6.07) is 14.2. The van der Waals surface area contributed by atoms with Crippen LogP contribution in [0.15, 0.2) is 83.0 Å². The molecular weight excluding hydrogens is 556 g/mol. The molecule has 0 radical (unpaired) electrons. The van der Waals surface area contributed by atoms with Crippen LogP contribution in [0.5, 0.6) is 0 Å². The first kappa shape index (κ1) is 28.9. The van der Waals surface area contributed by atoms with E-state index in [1.54, 1.807) is 43.3 Å². The minimum Gasteiger partial charge on any atom is -0.355 e. The van der Waals surface area contributed by atoms with Crippen LogP contribution < -0.4 is 5.32 Å². The van der Waals surface area contributed by atoms with Gasteiger partial charge in [-0.05, 0) is 65.6 Å². The van der Waals surface area contributed by atoms with E-state index in [0.717, 1.165) is 5.56 Å². The molecule has 2 aromatic heterocycles. The van der Waals surface area contributed by atoms with Crippen molar-refractivity contribution in [3.8, 4) is 11.1 Å². The second kappa shape index (κ2) is 11.2. The maximum absolute atomic E-state index is 13.5. The van der Waals surface area contributed by atoms with Crippen molar-refractivity contribution in [3.05, 3.63) is 106 Å². The van der Waals surface area contributed by atoms with E-state index < -0.39 is 46.6 Å². The number of alkyl halides is 6. The lowest BCUT2D eigenvalue weighted by molar-refractivity contribution is -0.143. The fourth-order valence-corrected chi connectivity index (χ4v) is 5.13. The summed E-state index contributed by atoms with van der Waals surface area (Å²) in [4.78, 5) is 21.6. The lowest BCUT2D eigenvalue weighted by atomic mass is 9.92. The van der Waals surface area contributed by atoms with Gasteiger partial charge in [0.25, 0.3) is 5.91 Å². The van der Waals surface area contributed by atoms with Gasteiger partial charge in [0.15, 0.2) is 0 Å². The third-order valence-corrected chi connectivity index (χ3v) is 7.21. The Hall–Kier alpha value is -4.06. The van der Waals surface area contributed by atoms with E-state index in [1.807, 2.05) is 0 Å². The van der Waals surface area contributed by atoms with Crippen LogP contribution in [0.25, 0.3) is 11.1 Å². The van der Waals surface area contributed by atoms with E-state index >= 15 is 0 Å². The topological polar surface area (TPSA) is 72.0 Å². The van der Waals surface area contributed by atoms with Crippen molar-refractivity contribution in [1.29, 1.82) is 0 Å². The van der Waals surface area contributed by atoms with E-state index in [4.69, 9.17) is 0 Å². The molecule has 0 aliphatic heterocycles. The fraction of sp³-hybridized carbons (Fsp3) is 0.179. The Bertz CT molecular complexity index is 1560. The number of rotatable bonds is 6. The number of benzene rings is 2. The van der Waals surface area contributed by atoms with Crippen LogP contribution in [0.3, 0.4) is 0 Å². The minimum atomic E-state index is -5.05. The SMILES string of the molecule is CNC(=O)c1c(-c2ccccc2C)cc(S(=O)c2ccccn2)nc1Cc1cc(C(F)(F)F)cc(C(F)(F)F)c1. The second-order valence-corrected chi connectivity index (χ2v) is 10.1. The summed E-state index contributed by atoms with van der Waals surface area (Å²) >= 11 is 0. The molecule has 0 spiro atoms. The molecule has 208 valence electrons. The number of aryl methyl sites for hydroxylation is 1. The Balaban J connectivity index is 2.01. The van der Waals surface area contributed by atoms with Gasteiger partial charge in [0.1, 0.15) is 20.9 Å². The first-order chi connectivity index (χ1) is 18.8. The van der Waals surface area contributed by atoms with Gasteiger partial charge in [0, 0.05) is 19.7 Å². The Labute approximate surface area is 227 Å². The minimum absolute atomic E-state index is 0.0297. The molecule has 0 saturated heterocycles. The van der Waals surface area contributed by atoms with Crippen LogP contribution in [0, 0.1) is 6.92 Å². The summed E-state index contributed by atoms with van der Waals surface area (Å²) in [6.45, 7) is 1.76. The molecule has 2 heterocycles. The van der Waals surface area contributed by atoms with Crippen LogP contribution in [-0.4, -0.2) is 27.1 Å². The zero-order valence-electron chi connectivity index (χ0n) is 21.0. The molecule has 0 bridgehead atoms. The summed E-state index contributed by atoms with van der Waals surface area (Å²) in [5.41, 5.74) is -2.04. The molecule has 0 saturated carbocycles. The Morgan fingerprint density at radius 2 is 1.48 bits per heavy atom. The first-order valence-corrected chi connectivity index (χ1v) is 12.9. The normalized spacial score (nSPS) is 12.7. The first-order valence-electron chi connectivity index (χ1n) is 11.7. The number of amides is 1. The molecule has 5 nitrogen and oxygen atoms in total. The standard InChI is InChI=1S/C28H21F6N3O2S/c1-16-7-3-4-8-20(16)21-15-24(40(39)23-9-5-6-10-36-23)37-22(25(21)26(38)35-2)13-17-11-18(27(29,30)31)14-19(12-17)28(32,33)34/h3-12,14-15H,13H2,1-2H3,(H,35,38). The molecule has 0 aliphatic carbocycles. The van der Waals surface area contributed by atoms with Gasteiger partial charge in [-0.1, -0.05) is 30.3 Å². The molecule has 0 aliphatic rings. The molecule has 4 aromatic rings. The van der Waals surface area contributed by atoms with Crippen molar-refractivity contribution >= 4 is 16.7 Å². The van der Waals surface area contributed by atoms with Gasteiger partial charge in [-0.15, -0.1) is 0 Å². The van der Waals surface area contributed by atoms with Gasteiger partial charge in [0.2, 0.25) is 0 Å². The molecule has 0 fully saturated rings. The van der Waals surface area contributed by atoms with Crippen molar-refractivity contribution in [2.75, 3.05) is 7.05 Å². The average Bonchev–Trinajstić information content (AvgIpc) is 2.91. The number of hydrogen-bond acceptors (Lipinski definition) is 4. The van der Waals surface area contributed by atoms with Gasteiger partial charge in [-0.25, -0.2) is 14.2 Å². The van der Waals surface area contributed by atoms with E-state index in [9.17, 15) is 35.3 Å². The van der Waals surface area contributed by atoms with Crippen molar-refractivity contribution in [1.82, 2.24) is 15.3 Å². The van der Waals surface area contributed by atoms with Crippen LogP contribution in [0.1, 0.15) is 38.3 Å². The number of aromatic nitrogens is 2. The van der Waals surface area contributed by atoms with Gasteiger partial charge in [-0.3, -0.25) is 4.79 Å². The number of carbonyl (C=O) groups excluding carboxylic acids is 1. The highest BCUT2D eigenvalue weighted by Crippen LogP contribution is 2.38. The Kier molecular flexibility index (Phi) is 8.10. The number of carbonyl (C=O) groups is 1.